The minimum Gasteiger partial charge on any atom is -0.420 e. The van der Waals surface area contributed by atoms with Gasteiger partial charge in [-0.25, -0.2) is 14.2 Å². The number of anilines is 1. The highest BCUT2D eigenvalue weighted by Crippen LogP contribution is 2.42. The Labute approximate surface area is 172 Å². The van der Waals surface area contributed by atoms with Gasteiger partial charge in [-0.1, -0.05) is 12.1 Å². The van der Waals surface area contributed by atoms with E-state index in [9.17, 15) is 27.2 Å². The molecule has 158 valence electrons. The normalized spacial score (nSPS) is 14.5. The third kappa shape index (κ3) is 3.79. The van der Waals surface area contributed by atoms with Gasteiger partial charge in [0, 0.05) is 22.5 Å². The molecule has 0 saturated heterocycles. The van der Waals surface area contributed by atoms with E-state index in [1.54, 1.807) is 6.92 Å². The largest absolute Gasteiger partial charge is 0.491 e. The molecule has 2 aromatic carbocycles. The Morgan fingerprint density at radius 1 is 1.10 bits per heavy atom. The first-order valence-corrected chi connectivity index (χ1v) is 8.90. The quantitative estimate of drug-likeness (QED) is 0.277. The van der Waals surface area contributed by atoms with Crippen molar-refractivity contribution >= 4 is 29.2 Å². The fraction of sp³-hybridized carbons (Fsp3) is 0.0952. The molecule has 2 N–H and O–H groups in total. The number of amides is 1. The van der Waals surface area contributed by atoms with Crippen LogP contribution in [-0.4, -0.2) is 28.0 Å². The highest BCUT2D eigenvalue weighted by Gasteiger charge is 2.41. The molecule has 10 heteroatoms. The van der Waals surface area contributed by atoms with Crippen molar-refractivity contribution in [1.82, 2.24) is 9.97 Å². The van der Waals surface area contributed by atoms with Gasteiger partial charge in [-0.2, -0.15) is 13.2 Å². The van der Waals surface area contributed by atoms with Gasteiger partial charge in [-0.15, -0.1) is 0 Å². The molecule has 1 aliphatic rings. The second kappa shape index (κ2) is 7.38. The maximum absolute atomic E-state index is 14.8. The number of fused-ring (bicyclic) bond motifs is 1. The van der Waals surface area contributed by atoms with Gasteiger partial charge >= 0.3 is 12.1 Å². The number of carbonyl (C=O) groups is 2. The number of ether oxygens (including phenoxy) is 1. The molecule has 0 atom stereocenters. The van der Waals surface area contributed by atoms with Crippen LogP contribution in [0.25, 0.3) is 22.8 Å². The van der Waals surface area contributed by atoms with E-state index in [0.29, 0.717) is 22.6 Å². The summed E-state index contributed by atoms with van der Waals surface area (Å²) in [6.45, 7) is 1.76. The number of H-pyrrole nitrogens is 1. The van der Waals surface area contributed by atoms with Crippen molar-refractivity contribution in [2.24, 2.45) is 0 Å². The van der Waals surface area contributed by atoms with E-state index in [1.165, 1.54) is 36.7 Å². The molecule has 0 saturated carbocycles. The van der Waals surface area contributed by atoms with Crippen LogP contribution in [0, 0.1) is 12.7 Å². The van der Waals surface area contributed by atoms with E-state index in [-0.39, 0.29) is 22.4 Å². The van der Waals surface area contributed by atoms with Gasteiger partial charge in [0.2, 0.25) is 0 Å². The van der Waals surface area contributed by atoms with Crippen LogP contribution in [0.3, 0.4) is 0 Å². The second-order valence-electron chi connectivity index (χ2n) is 6.68. The van der Waals surface area contributed by atoms with Gasteiger partial charge in [0.05, 0.1) is 17.6 Å². The lowest BCUT2D eigenvalue weighted by atomic mass is 9.93. The highest BCUT2D eigenvalue weighted by molar-refractivity contribution is 6.36. The van der Waals surface area contributed by atoms with Crippen molar-refractivity contribution in [2.75, 3.05) is 5.32 Å². The number of imidazole rings is 1. The Bertz CT molecular complexity index is 1230. The SMILES string of the molecule is Cc1[nH]cnc1/C=C1\C(=O)Nc2ccc(F)c(-c3ccc(OC(=O)C(F)(F)F)cc3)c21. The Morgan fingerprint density at radius 3 is 2.42 bits per heavy atom. The van der Waals surface area contributed by atoms with E-state index < -0.39 is 23.9 Å². The highest BCUT2D eigenvalue weighted by atomic mass is 19.4. The topological polar surface area (TPSA) is 84.1 Å². The molecule has 0 spiro atoms. The Morgan fingerprint density at radius 2 is 1.81 bits per heavy atom. The predicted octanol–water partition coefficient (Wildman–Crippen LogP) is 4.48. The minimum absolute atomic E-state index is 0.0731. The number of alkyl halides is 3. The molecule has 1 aliphatic heterocycles. The van der Waals surface area contributed by atoms with Crippen LogP contribution < -0.4 is 10.1 Å². The maximum atomic E-state index is 14.8. The van der Waals surface area contributed by atoms with Crippen molar-refractivity contribution in [3.63, 3.8) is 0 Å². The van der Waals surface area contributed by atoms with Crippen LogP contribution in [0.4, 0.5) is 23.2 Å². The first-order valence-electron chi connectivity index (χ1n) is 8.90. The van der Waals surface area contributed by atoms with Crippen LogP contribution >= 0.6 is 0 Å². The van der Waals surface area contributed by atoms with Crippen molar-refractivity contribution in [3.05, 3.63) is 65.5 Å². The predicted molar refractivity (Wildman–Crippen MR) is 103 cm³/mol. The van der Waals surface area contributed by atoms with E-state index in [4.69, 9.17) is 0 Å². The number of aromatic nitrogens is 2. The molecule has 31 heavy (non-hydrogen) atoms. The summed E-state index contributed by atoms with van der Waals surface area (Å²) in [4.78, 5) is 30.5. The molecule has 0 fully saturated rings. The number of nitrogens with one attached hydrogen (secondary N) is 2. The third-order valence-electron chi connectivity index (χ3n) is 4.65. The van der Waals surface area contributed by atoms with Gasteiger partial charge in [0.15, 0.2) is 0 Å². The van der Waals surface area contributed by atoms with Gasteiger partial charge in [0.1, 0.15) is 11.6 Å². The number of hydrogen-bond donors (Lipinski definition) is 2. The number of esters is 1. The third-order valence-corrected chi connectivity index (χ3v) is 4.65. The molecule has 2 heterocycles. The van der Waals surface area contributed by atoms with Crippen molar-refractivity contribution < 1.29 is 31.9 Å². The summed E-state index contributed by atoms with van der Waals surface area (Å²) in [7, 11) is 0. The zero-order valence-electron chi connectivity index (χ0n) is 15.8. The standard InChI is InChI=1S/C21H13F4N3O3/c1-10-16(27-9-26-10)8-13-18-15(28-19(13)29)7-6-14(22)17(18)11-2-4-12(5-3-11)31-20(30)21(23,24)25/h2-9H,1H3,(H,26,27)(H,28,29)/b13-8-. The minimum atomic E-state index is -5.14. The second-order valence-corrected chi connectivity index (χ2v) is 6.68. The lowest BCUT2D eigenvalue weighted by Crippen LogP contribution is -2.27. The number of rotatable bonds is 3. The fourth-order valence-electron chi connectivity index (χ4n) is 3.19. The first kappa shape index (κ1) is 20.3. The van der Waals surface area contributed by atoms with E-state index >= 15 is 0 Å². The molecule has 0 bridgehead atoms. The van der Waals surface area contributed by atoms with Gasteiger partial charge in [-0.3, -0.25) is 4.79 Å². The van der Waals surface area contributed by atoms with E-state index in [0.717, 1.165) is 12.1 Å². The Kier molecular flexibility index (Phi) is 4.84. The smallest absolute Gasteiger partial charge is 0.420 e. The lowest BCUT2D eigenvalue weighted by molar-refractivity contribution is -0.189. The molecule has 0 radical (unpaired) electrons. The molecular weight excluding hydrogens is 418 g/mol. The van der Waals surface area contributed by atoms with Gasteiger partial charge < -0.3 is 15.0 Å². The van der Waals surface area contributed by atoms with E-state index in [1.807, 2.05) is 0 Å². The lowest BCUT2D eigenvalue weighted by Gasteiger charge is -2.11. The Hall–Kier alpha value is -3.95. The molecule has 3 aromatic rings. The van der Waals surface area contributed by atoms with Crippen molar-refractivity contribution in [3.8, 4) is 16.9 Å². The molecule has 1 aromatic heterocycles. The van der Waals surface area contributed by atoms with Gasteiger partial charge in [-0.05, 0) is 42.8 Å². The summed E-state index contributed by atoms with van der Waals surface area (Å²) < 4.78 is 56.2. The first-order chi connectivity index (χ1) is 14.6. The van der Waals surface area contributed by atoms with Crippen molar-refractivity contribution in [1.29, 1.82) is 0 Å². The number of hydrogen-bond acceptors (Lipinski definition) is 4. The average Bonchev–Trinajstić information content (AvgIpc) is 3.25. The number of benzene rings is 2. The number of aryl methyl sites for hydroxylation is 1. The number of halogens is 4. The average molecular weight is 431 g/mol. The molecule has 4 rings (SSSR count). The number of carbonyl (C=O) groups excluding carboxylic acids is 2. The zero-order valence-corrected chi connectivity index (χ0v) is 15.8. The maximum Gasteiger partial charge on any atom is 0.491 e. The number of aromatic amines is 1. The van der Waals surface area contributed by atoms with Crippen LogP contribution in [0.2, 0.25) is 0 Å². The summed E-state index contributed by atoms with van der Waals surface area (Å²) in [6.07, 6.45) is -2.15. The van der Waals surface area contributed by atoms with E-state index in [2.05, 4.69) is 20.0 Å². The zero-order chi connectivity index (χ0) is 22.3. The summed E-state index contributed by atoms with van der Waals surface area (Å²) in [5, 5.41) is 2.66. The summed E-state index contributed by atoms with van der Waals surface area (Å²) in [5.41, 5.74) is 2.43. The molecule has 1 amide bonds. The summed E-state index contributed by atoms with van der Waals surface area (Å²) in [5.74, 6) is -3.79. The summed E-state index contributed by atoms with van der Waals surface area (Å²) >= 11 is 0. The molecule has 0 unspecified atom stereocenters. The van der Waals surface area contributed by atoms with Crippen LogP contribution in [-0.2, 0) is 9.59 Å². The molecule has 0 aliphatic carbocycles. The summed E-state index contributed by atoms with van der Waals surface area (Å²) in [6, 6.07) is 7.43. The Balaban J connectivity index is 1.77. The fourth-order valence-corrected chi connectivity index (χ4v) is 3.19. The van der Waals surface area contributed by atoms with Crippen LogP contribution in [0.15, 0.2) is 42.7 Å². The monoisotopic (exact) mass is 431 g/mol. The van der Waals surface area contributed by atoms with Crippen molar-refractivity contribution in [2.45, 2.75) is 13.1 Å². The molecular formula is C21H13F4N3O3. The van der Waals surface area contributed by atoms with Gasteiger partial charge in [0.25, 0.3) is 5.91 Å². The molecule has 6 nitrogen and oxygen atoms in total. The number of nitrogens with zero attached hydrogens (tertiary/aromatic N) is 1. The van der Waals surface area contributed by atoms with Crippen LogP contribution in [0.1, 0.15) is 17.0 Å². The van der Waals surface area contributed by atoms with Crippen LogP contribution in [0.5, 0.6) is 5.75 Å².